The fourth-order valence-corrected chi connectivity index (χ4v) is 1.94. The van der Waals surface area contributed by atoms with E-state index in [-0.39, 0.29) is 30.6 Å². The first-order valence-electron chi connectivity index (χ1n) is 5.94. The lowest BCUT2D eigenvalue weighted by atomic mass is 10.2. The third-order valence-corrected chi connectivity index (χ3v) is 3.09. The van der Waals surface area contributed by atoms with Crippen molar-refractivity contribution in [1.29, 1.82) is 0 Å². The standard InChI is InChI=1S/C10H17N5O3/c1-3-5(2)11-6(16)4-15-8-7(13-10(15)18)12-9(17)14-8/h5,7-8H,3-4H2,1-2H3,(H,11,16)(H,13,18)(H2,12,14,17)/t5-,7-,8+/m0/s1. The van der Waals surface area contributed by atoms with Gasteiger partial charge in [0.2, 0.25) is 5.91 Å². The van der Waals surface area contributed by atoms with Gasteiger partial charge in [-0.2, -0.15) is 0 Å². The summed E-state index contributed by atoms with van der Waals surface area (Å²) in [4.78, 5) is 35.8. The SMILES string of the molecule is CC[C@H](C)NC(=O)CN1C(=O)N[C@@H]2NC(=O)N[C@@H]21. The molecule has 8 heteroatoms. The lowest BCUT2D eigenvalue weighted by molar-refractivity contribution is -0.122. The molecule has 0 aromatic carbocycles. The summed E-state index contributed by atoms with van der Waals surface area (Å²) in [7, 11) is 0. The number of rotatable bonds is 4. The second-order valence-electron chi connectivity index (χ2n) is 4.49. The average Bonchev–Trinajstić information content (AvgIpc) is 2.77. The van der Waals surface area contributed by atoms with Crippen molar-refractivity contribution < 1.29 is 14.4 Å². The molecule has 2 fully saturated rings. The Morgan fingerprint density at radius 3 is 2.78 bits per heavy atom. The maximum atomic E-state index is 11.7. The molecule has 5 amide bonds. The molecule has 0 unspecified atom stereocenters. The van der Waals surface area contributed by atoms with Crippen LogP contribution >= 0.6 is 0 Å². The molecule has 0 saturated carbocycles. The summed E-state index contributed by atoms with van der Waals surface area (Å²) in [5.41, 5.74) is 0. The van der Waals surface area contributed by atoms with Crippen molar-refractivity contribution in [3.8, 4) is 0 Å². The van der Waals surface area contributed by atoms with Crippen molar-refractivity contribution in [2.24, 2.45) is 0 Å². The number of nitrogens with one attached hydrogen (secondary N) is 4. The van der Waals surface area contributed by atoms with Gasteiger partial charge in [-0.3, -0.25) is 9.69 Å². The van der Waals surface area contributed by atoms with Crippen LogP contribution in [0.25, 0.3) is 0 Å². The quantitative estimate of drug-likeness (QED) is 0.512. The van der Waals surface area contributed by atoms with Crippen LogP contribution in [0.15, 0.2) is 0 Å². The van der Waals surface area contributed by atoms with Gasteiger partial charge in [-0.25, -0.2) is 9.59 Å². The molecular formula is C10H17N5O3. The smallest absolute Gasteiger partial charge is 0.321 e. The Morgan fingerprint density at radius 2 is 2.11 bits per heavy atom. The number of nitrogens with zero attached hydrogens (tertiary/aromatic N) is 1. The molecule has 100 valence electrons. The van der Waals surface area contributed by atoms with Gasteiger partial charge in [-0.15, -0.1) is 0 Å². The van der Waals surface area contributed by atoms with E-state index in [0.717, 1.165) is 6.42 Å². The highest BCUT2D eigenvalue weighted by molar-refractivity contribution is 5.88. The highest BCUT2D eigenvalue weighted by atomic mass is 16.2. The minimum atomic E-state index is -0.507. The largest absolute Gasteiger partial charge is 0.352 e. The number of urea groups is 2. The molecule has 2 aliphatic heterocycles. The molecule has 2 rings (SSSR count). The minimum absolute atomic E-state index is 0.0651. The van der Waals surface area contributed by atoms with E-state index in [4.69, 9.17) is 0 Å². The number of carbonyl (C=O) groups is 3. The summed E-state index contributed by atoms with van der Waals surface area (Å²) in [6.07, 6.45) is -0.156. The van der Waals surface area contributed by atoms with E-state index in [1.807, 2.05) is 13.8 Å². The molecule has 3 atom stereocenters. The first-order chi connectivity index (χ1) is 8.51. The highest BCUT2D eigenvalue weighted by Crippen LogP contribution is 2.13. The lowest BCUT2D eigenvalue weighted by Crippen LogP contribution is -2.49. The summed E-state index contributed by atoms with van der Waals surface area (Å²) in [5, 5.41) is 10.5. The van der Waals surface area contributed by atoms with E-state index in [1.54, 1.807) is 0 Å². The summed E-state index contributed by atoms with van der Waals surface area (Å²) >= 11 is 0. The van der Waals surface area contributed by atoms with E-state index < -0.39 is 12.3 Å². The molecule has 2 saturated heterocycles. The topological polar surface area (TPSA) is 103 Å². The van der Waals surface area contributed by atoms with E-state index in [9.17, 15) is 14.4 Å². The molecule has 0 aliphatic carbocycles. The van der Waals surface area contributed by atoms with Crippen molar-refractivity contribution in [2.45, 2.75) is 38.6 Å². The van der Waals surface area contributed by atoms with E-state index in [0.29, 0.717) is 0 Å². The summed E-state index contributed by atoms with van der Waals surface area (Å²) in [6, 6.07) is -0.649. The number of amides is 5. The normalized spacial score (nSPS) is 27.1. The van der Waals surface area contributed by atoms with Crippen LogP contribution < -0.4 is 21.3 Å². The van der Waals surface area contributed by atoms with Crippen LogP contribution in [0.5, 0.6) is 0 Å². The van der Waals surface area contributed by atoms with E-state index >= 15 is 0 Å². The molecule has 2 aliphatic rings. The molecule has 4 N–H and O–H groups in total. The third kappa shape index (κ3) is 2.31. The first kappa shape index (κ1) is 12.5. The van der Waals surface area contributed by atoms with Crippen molar-refractivity contribution in [3.63, 3.8) is 0 Å². The highest BCUT2D eigenvalue weighted by Gasteiger charge is 2.45. The van der Waals surface area contributed by atoms with Crippen LogP contribution in [0.4, 0.5) is 9.59 Å². The summed E-state index contributed by atoms with van der Waals surface area (Å²) in [6.45, 7) is 3.79. The molecule has 0 aromatic heterocycles. The minimum Gasteiger partial charge on any atom is -0.352 e. The van der Waals surface area contributed by atoms with Crippen molar-refractivity contribution >= 4 is 18.0 Å². The Bertz CT molecular complexity index is 386. The van der Waals surface area contributed by atoms with E-state index in [1.165, 1.54) is 4.90 Å². The van der Waals surface area contributed by atoms with Crippen LogP contribution in [-0.4, -0.2) is 47.8 Å². The third-order valence-electron chi connectivity index (χ3n) is 3.09. The molecular weight excluding hydrogens is 238 g/mol. The Kier molecular flexibility index (Phi) is 3.26. The van der Waals surface area contributed by atoms with Crippen molar-refractivity contribution in [1.82, 2.24) is 26.2 Å². The van der Waals surface area contributed by atoms with Crippen LogP contribution in [-0.2, 0) is 4.79 Å². The Labute approximate surface area is 104 Å². The van der Waals surface area contributed by atoms with E-state index in [2.05, 4.69) is 21.3 Å². The van der Waals surface area contributed by atoms with Gasteiger partial charge in [0, 0.05) is 6.04 Å². The maximum absolute atomic E-state index is 11.7. The van der Waals surface area contributed by atoms with Crippen LogP contribution in [0.3, 0.4) is 0 Å². The Hall–Kier alpha value is -1.99. The molecule has 18 heavy (non-hydrogen) atoms. The van der Waals surface area contributed by atoms with Gasteiger partial charge in [-0.05, 0) is 13.3 Å². The first-order valence-corrected chi connectivity index (χ1v) is 5.94. The molecule has 0 aromatic rings. The number of hydrogen-bond donors (Lipinski definition) is 4. The Morgan fingerprint density at radius 1 is 1.39 bits per heavy atom. The second-order valence-corrected chi connectivity index (χ2v) is 4.49. The number of carbonyl (C=O) groups excluding carboxylic acids is 3. The molecule has 0 bridgehead atoms. The van der Waals surface area contributed by atoms with Gasteiger partial charge in [0.15, 0.2) is 0 Å². The van der Waals surface area contributed by atoms with Crippen molar-refractivity contribution in [3.05, 3.63) is 0 Å². The fourth-order valence-electron chi connectivity index (χ4n) is 1.94. The van der Waals surface area contributed by atoms with Gasteiger partial charge in [0.1, 0.15) is 18.9 Å². The predicted molar refractivity (Wildman–Crippen MR) is 62.4 cm³/mol. The van der Waals surface area contributed by atoms with Crippen molar-refractivity contribution in [2.75, 3.05) is 6.54 Å². The monoisotopic (exact) mass is 255 g/mol. The molecule has 2 heterocycles. The average molecular weight is 255 g/mol. The van der Waals surface area contributed by atoms with Gasteiger partial charge >= 0.3 is 12.1 Å². The molecule has 0 spiro atoms. The molecule has 0 radical (unpaired) electrons. The summed E-state index contributed by atoms with van der Waals surface area (Å²) < 4.78 is 0. The maximum Gasteiger partial charge on any atom is 0.321 e. The van der Waals surface area contributed by atoms with Crippen LogP contribution in [0, 0.1) is 0 Å². The zero-order valence-electron chi connectivity index (χ0n) is 10.3. The number of hydrogen-bond acceptors (Lipinski definition) is 3. The van der Waals surface area contributed by atoms with Crippen LogP contribution in [0.2, 0.25) is 0 Å². The van der Waals surface area contributed by atoms with Gasteiger partial charge < -0.3 is 21.3 Å². The molecule has 8 nitrogen and oxygen atoms in total. The summed E-state index contributed by atoms with van der Waals surface area (Å²) in [5.74, 6) is -0.235. The predicted octanol–water partition coefficient (Wildman–Crippen LogP) is -1.11. The zero-order valence-corrected chi connectivity index (χ0v) is 10.3. The van der Waals surface area contributed by atoms with Gasteiger partial charge in [0.05, 0.1) is 0 Å². The zero-order chi connectivity index (χ0) is 13.3. The lowest BCUT2D eigenvalue weighted by Gasteiger charge is -2.21. The van der Waals surface area contributed by atoms with Gasteiger partial charge in [0.25, 0.3) is 0 Å². The fraction of sp³-hybridized carbons (Fsp3) is 0.700. The Balaban J connectivity index is 1.94. The second kappa shape index (κ2) is 4.71. The number of fused-ring (bicyclic) bond motifs is 1. The van der Waals surface area contributed by atoms with Gasteiger partial charge in [-0.1, -0.05) is 6.92 Å². The van der Waals surface area contributed by atoms with Crippen LogP contribution in [0.1, 0.15) is 20.3 Å².